The minimum absolute atomic E-state index is 0.334. The molecule has 0 spiro atoms. The lowest BCUT2D eigenvalue weighted by molar-refractivity contribution is 0.0526. The Balaban J connectivity index is 1.53. The quantitative estimate of drug-likeness (QED) is 0.338. The summed E-state index contributed by atoms with van der Waals surface area (Å²) in [5.41, 5.74) is 4.12. The lowest BCUT2D eigenvalue weighted by atomic mass is 9.99. The zero-order valence-electron chi connectivity index (χ0n) is 17.5. The molecule has 4 aromatic rings. The first-order valence-corrected chi connectivity index (χ1v) is 10.4. The molecule has 1 aliphatic rings. The molecule has 0 amide bonds. The van der Waals surface area contributed by atoms with Crippen molar-refractivity contribution in [2.24, 2.45) is 0 Å². The molecule has 0 saturated carbocycles. The Morgan fingerprint density at radius 2 is 1.81 bits per heavy atom. The van der Waals surface area contributed by atoms with Crippen LogP contribution in [-0.2, 0) is 11.3 Å². The van der Waals surface area contributed by atoms with Gasteiger partial charge >= 0.3 is 11.6 Å². The van der Waals surface area contributed by atoms with Crippen LogP contribution in [0.3, 0.4) is 0 Å². The highest BCUT2D eigenvalue weighted by Crippen LogP contribution is 2.37. The van der Waals surface area contributed by atoms with Crippen LogP contribution in [0.4, 0.5) is 5.69 Å². The zero-order valence-corrected chi connectivity index (χ0v) is 17.5. The summed E-state index contributed by atoms with van der Waals surface area (Å²) >= 11 is 0. The molecule has 1 aliphatic heterocycles. The maximum absolute atomic E-state index is 12.4. The normalized spacial score (nSPS) is 12.8. The average Bonchev–Trinajstić information content (AvgIpc) is 2.84. The van der Waals surface area contributed by atoms with Crippen molar-refractivity contribution >= 4 is 22.6 Å². The molecule has 6 nitrogen and oxygen atoms in total. The third-order valence-electron chi connectivity index (χ3n) is 5.53. The number of carbonyl (C=O) groups is 1. The van der Waals surface area contributed by atoms with E-state index in [2.05, 4.69) is 0 Å². The van der Waals surface area contributed by atoms with Crippen molar-refractivity contribution in [1.29, 1.82) is 0 Å². The van der Waals surface area contributed by atoms with Crippen LogP contribution in [0.25, 0.3) is 22.1 Å². The summed E-state index contributed by atoms with van der Waals surface area (Å²) in [6.45, 7) is 2.97. The van der Waals surface area contributed by atoms with Crippen molar-refractivity contribution in [3.8, 4) is 16.9 Å². The first-order chi connectivity index (χ1) is 15.6. The van der Waals surface area contributed by atoms with E-state index in [1.165, 1.54) is 6.07 Å². The van der Waals surface area contributed by atoms with Crippen LogP contribution in [0.15, 0.2) is 82.0 Å². The van der Waals surface area contributed by atoms with Gasteiger partial charge in [0, 0.05) is 17.1 Å². The Morgan fingerprint density at radius 1 is 1.03 bits per heavy atom. The van der Waals surface area contributed by atoms with Crippen LogP contribution in [0.1, 0.15) is 22.8 Å². The Kier molecular flexibility index (Phi) is 5.11. The van der Waals surface area contributed by atoms with Gasteiger partial charge in [-0.1, -0.05) is 30.3 Å². The van der Waals surface area contributed by atoms with Crippen LogP contribution in [-0.4, -0.2) is 19.3 Å². The smallest absolute Gasteiger partial charge is 0.338 e. The minimum Gasteiger partial charge on any atom is -0.473 e. The molecule has 0 atom stereocenters. The topological polar surface area (TPSA) is 69.0 Å². The number of hydrogen-bond donors (Lipinski definition) is 0. The second-order valence-corrected chi connectivity index (χ2v) is 7.50. The molecule has 0 aliphatic carbocycles. The molecule has 32 heavy (non-hydrogen) atoms. The summed E-state index contributed by atoms with van der Waals surface area (Å²) in [4.78, 5) is 26.3. The van der Waals surface area contributed by atoms with E-state index in [4.69, 9.17) is 13.9 Å². The zero-order chi connectivity index (χ0) is 22.1. The van der Waals surface area contributed by atoms with E-state index in [0.29, 0.717) is 36.8 Å². The summed E-state index contributed by atoms with van der Waals surface area (Å²) in [7, 11) is 0. The van der Waals surface area contributed by atoms with Crippen LogP contribution in [0.2, 0.25) is 0 Å². The highest BCUT2D eigenvalue weighted by molar-refractivity contribution is 5.96. The lowest BCUT2D eigenvalue weighted by Crippen LogP contribution is -2.32. The molecule has 160 valence electrons. The largest absolute Gasteiger partial charge is 0.473 e. The molecular weight excluding hydrogens is 406 g/mol. The Bertz CT molecular complexity index is 1340. The van der Waals surface area contributed by atoms with E-state index in [0.717, 1.165) is 27.8 Å². The molecule has 3 aromatic carbocycles. The van der Waals surface area contributed by atoms with Crippen LogP contribution in [0.5, 0.6) is 5.75 Å². The maximum Gasteiger partial charge on any atom is 0.338 e. The molecule has 0 bridgehead atoms. The van der Waals surface area contributed by atoms with Crippen molar-refractivity contribution in [1.82, 2.24) is 0 Å². The van der Waals surface area contributed by atoms with Gasteiger partial charge in [-0.15, -0.1) is 0 Å². The number of benzene rings is 3. The van der Waals surface area contributed by atoms with Gasteiger partial charge in [-0.2, -0.15) is 0 Å². The predicted octanol–water partition coefficient (Wildman–Crippen LogP) is 4.99. The fourth-order valence-electron chi connectivity index (χ4n) is 3.98. The summed E-state index contributed by atoms with van der Waals surface area (Å²) < 4.78 is 16.7. The highest BCUT2D eigenvalue weighted by atomic mass is 16.5. The number of nitrogens with zero attached hydrogens (tertiary/aromatic N) is 1. The first-order valence-electron chi connectivity index (χ1n) is 10.4. The second-order valence-electron chi connectivity index (χ2n) is 7.50. The van der Waals surface area contributed by atoms with Gasteiger partial charge in [-0.3, -0.25) is 0 Å². The Hall–Kier alpha value is -4.06. The molecule has 0 N–H and O–H groups in total. The third kappa shape index (κ3) is 3.60. The molecule has 0 unspecified atom stereocenters. The van der Waals surface area contributed by atoms with E-state index in [1.807, 2.05) is 59.5 Å². The van der Waals surface area contributed by atoms with Crippen LogP contribution < -0.4 is 15.3 Å². The number of anilines is 1. The van der Waals surface area contributed by atoms with Gasteiger partial charge < -0.3 is 18.8 Å². The number of carbonyl (C=O) groups excluding carboxylic acids is 1. The number of rotatable bonds is 4. The van der Waals surface area contributed by atoms with Gasteiger partial charge in [0.05, 0.1) is 24.3 Å². The second kappa shape index (κ2) is 8.23. The van der Waals surface area contributed by atoms with Crippen LogP contribution in [0, 0.1) is 0 Å². The minimum atomic E-state index is -0.402. The number of fused-ring (bicyclic) bond motifs is 3. The number of hydrogen-bond acceptors (Lipinski definition) is 6. The Morgan fingerprint density at radius 3 is 2.56 bits per heavy atom. The number of esters is 1. The van der Waals surface area contributed by atoms with Gasteiger partial charge in [0.25, 0.3) is 0 Å². The van der Waals surface area contributed by atoms with E-state index < -0.39 is 5.63 Å². The summed E-state index contributed by atoms with van der Waals surface area (Å²) in [6.07, 6.45) is 0. The van der Waals surface area contributed by atoms with Gasteiger partial charge in [0.1, 0.15) is 11.3 Å². The molecule has 2 heterocycles. The van der Waals surface area contributed by atoms with E-state index >= 15 is 0 Å². The van der Waals surface area contributed by atoms with Gasteiger partial charge in [-0.05, 0) is 54.4 Å². The molecule has 5 rings (SSSR count). The first kappa shape index (κ1) is 19.9. The average molecular weight is 427 g/mol. The van der Waals surface area contributed by atoms with E-state index in [-0.39, 0.29) is 5.97 Å². The van der Waals surface area contributed by atoms with Crippen molar-refractivity contribution in [3.63, 3.8) is 0 Å². The predicted molar refractivity (Wildman–Crippen MR) is 122 cm³/mol. The Labute approximate surface area is 184 Å². The monoisotopic (exact) mass is 427 g/mol. The van der Waals surface area contributed by atoms with Gasteiger partial charge in [0.2, 0.25) is 0 Å². The van der Waals surface area contributed by atoms with E-state index in [9.17, 15) is 9.59 Å². The molecule has 6 heteroatoms. The molecule has 0 fully saturated rings. The lowest BCUT2D eigenvalue weighted by Gasteiger charge is -2.31. The molecule has 0 radical (unpaired) electrons. The van der Waals surface area contributed by atoms with Crippen LogP contribution >= 0.6 is 0 Å². The van der Waals surface area contributed by atoms with Crippen molar-refractivity contribution in [3.05, 3.63) is 94.3 Å². The van der Waals surface area contributed by atoms with Crippen molar-refractivity contribution in [2.45, 2.75) is 13.5 Å². The molecular formula is C26H21NO5. The fraction of sp³-hybridized carbons (Fsp3) is 0.154. The number of ether oxygens (including phenoxy) is 2. The van der Waals surface area contributed by atoms with Crippen molar-refractivity contribution in [2.75, 3.05) is 18.2 Å². The highest BCUT2D eigenvalue weighted by Gasteiger charge is 2.23. The summed E-state index contributed by atoms with van der Waals surface area (Å²) in [5.74, 6) is 0.353. The third-order valence-corrected chi connectivity index (χ3v) is 5.53. The molecule has 0 saturated heterocycles. The maximum atomic E-state index is 12.4. The standard InChI is InChI=1S/C26H21NO5/c1-2-30-26(29)18-8-10-19(11-9-18)27-15-22-23(31-16-27)13-12-20-21(14-24(28)32-25(20)22)17-6-4-3-5-7-17/h3-14H,2,15-16H2,1H3. The summed E-state index contributed by atoms with van der Waals surface area (Å²) in [5, 5.41) is 0.859. The fourth-order valence-corrected chi connectivity index (χ4v) is 3.98. The summed E-state index contributed by atoms with van der Waals surface area (Å²) in [6, 6.07) is 22.3. The van der Waals surface area contributed by atoms with Gasteiger partial charge in [-0.25, -0.2) is 9.59 Å². The van der Waals surface area contributed by atoms with Crippen molar-refractivity contribution < 1.29 is 18.7 Å². The van der Waals surface area contributed by atoms with E-state index in [1.54, 1.807) is 19.1 Å². The molecule has 1 aromatic heterocycles. The van der Waals surface area contributed by atoms with Gasteiger partial charge in [0.15, 0.2) is 6.73 Å². The SMILES string of the molecule is CCOC(=O)c1ccc(N2COc3ccc4c(-c5ccccc5)cc(=O)oc4c3C2)cc1.